The molecule has 0 bridgehead atoms. The minimum Gasteiger partial charge on any atom is -0.378 e. The summed E-state index contributed by atoms with van der Waals surface area (Å²) in [6, 6.07) is 12.3. The van der Waals surface area contributed by atoms with Gasteiger partial charge in [-0.3, -0.25) is 9.59 Å². The molecule has 0 heterocycles. The second-order valence-electron chi connectivity index (χ2n) is 8.44. The lowest BCUT2D eigenvalue weighted by Crippen LogP contribution is -3.11. The van der Waals surface area contributed by atoms with Gasteiger partial charge in [0.1, 0.15) is 0 Å². The van der Waals surface area contributed by atoms with Crippen LogP contribution in [0.2, 0.25) is 0 Å². The lowest BCUT2D eigenvalue weighted by atomic mass is 10.1. The number of likely N-dealkylation sites (N-methyl/N-ethyl adjacent to an activating group) is 2. The Hall–Kier alpha value is -2.86. The number of quaternary nitrogens is 1. The van der Waals surface area contributed by atoms with Crippen LogP contribution in [0.5, 0.6) is 0 Å². The van der Waals surface area contributed by atoms with Crippen molar-refractivity contribution in [3.05, 3.63) is 58.7 Å². The molecule has 0 aliphatic carbocycles. The zero-order chi connectivity index (χ0) is 22.4. The van der Waals surface area contributed by atoms with Crippen molar-refractivity contribution in [2.24, 2.45) is 0 Å². The summed E-state index contributed by atoms with van der Waals surface area (Å²) in [5, 5.41) is 3.00. The van der Waals surface area contributed by atoms with E-state index >= 15 is 0 Å². The molecule has 2 aromatic rings. The Kier molecular flexibility index (Phi) is 8.00. The molecule has 30 heavy (non-hydrogen) atoms. The maximum absolute atomic E-state index is 12.6. The number of aryl methyl sites for hydroxylation is 3. The third kappa shape index (κ3) is 6.59. The number of nitrogens with one attached hydrogen (secondary N) is 2. The van der Waals surface area contributed by atoms with E-state index in [2.05, 4.69) is 17.4 Å². The lowest BCUT2D eigenvalue weighted by Gasteiger charge is -2.21. The number of nitrogens with zero attached hydrogens (tertiary/aromatic N) is 2. The lowest BCUT2D eigenvalue weighted by molar-refractivity contribution is -0.862. The molecule has 2 amide bonds. The van der Waals surface area contributed by atoms with E-state index in [0.29, 0.717) is 6.54 Å². The highest BCUT2D eigenvalue weighted by Crippen LogP contribution is 2.21. The summed E-state index contributed by atoms with van der Waals surface area (Å²) in [5.74, 6) is -0.0723. The maximum atomic E-state index is 12.6. The summed E-state index contributed by atoms with van der Waals surface area (Å²) < 4.78 is 0. The molecule has 1 atom stereocenters. The number of amides is 2. The number of hydrogen-bond donors (Lipinski definition) is 2. The van der Waals surface area contributed by atoms with E-state index in [0.717, 1.165) is 33.0 Å². The summed E-state index contributed by atoms with van der Waals surface area (Å²) in [6.45, 7) is 7.09. The van der Waals surface area contributed by atoms with Gasteiger partial charge < -0.3 is 20.0 Å². The van der Waals surface area contributed by atoms with Crippen LogP contribution in [-0.4, -0.2) is 58.0 Å². The highest BCUT2D eigenvalue weighted by molar-refractivity contribution is 5.93. The van der Waals surface area contributed by atoms with Crippen molar-refractivity contribution >= 4 is 23.2 Å². The van der Waals surface area contributed by atoms with Crippen LogP contribution < -0.4 is 15.1 Å². The summed E-state index contributed by atoms with van der Waals surface area (Å²) in [7, 11) is 7.67. The summed E-state index contributed by atoms with van der Waals surface area (Å²) in [4.78, 5) is 29.7. The predicted molar refractivity (Wildman–Crippen MR) is 123 cm³/mol. The SMILES string of the molecule is Cc1cc(C)c(NC(=O)C[NH+](C)CC(=O)N(C)Cc2ccc(N(C)C)cc2)c(C)c1. The standard InChI is InChI=1S/C24H34N4O2/c1-17-12-18(2)24(19(3)13-17)25-22(29)15-27(6)16-23(30)28(7)14-20-8-10-21(11-9-20)26(4)5/h8-13H,14-16H2,1-7H3,(H,25,29)/p+1. The van der Waals surface area contributed by atoms with Gasteiger partial charge in [-0.2, -0.15) is 0 Å². The van der Waals surface area contributed by atoms with Gasteiger partial charge in [0.05, 0.1) is 7.05 Å². The maximum Gasteiger partial charge on any atom is 0.279 e. The van der Waals surface area contributed by atoms with Gasteiger partial charge >= 0.3 is 0 Å². The molecule has 0 saturated heterocycles. The third-order valence-electron chi connectivity index (χ3n) is 5.16. The van der Waals surface area contributed by atoms with Gasteiger partial charge in [0.25, 0.3) is 11.8 Å². The van der Waals surface area contributed by atoms with Crippen LogP contribution in [0.1, 0.15) is 22.3 Å². The van der Waals surface area contributed by atoms with E-state index in [9.17, 15) is 9.59 Å². The van der Waals surface area contributed by atoms with Crippen LogP contribution in [0, 0.1) is 20.8 Å². The summed E-state index contributed by atoms with van der Waals surface area (Å²) in [5.41, 5.74) is 6.35. The molecular formula is C24H35N4O2+. The fourth-order valence-electron chi connectivity index (χ4n) is 3.55. The Labute approximate surface area is 180 Å². The smallest absolute Gasteiger partial charge is 0.279 e. The Morgan fingerprint density at radius 3 is 2.03 bits per heavy atom. The van der Waals surface area contributed by atoms with Crippen LogP contribution in [-0.2, 0) is 16.1 Å². The van der Waals surface area contributed by atoms with Crippen LogP contribution in [0.25, 0.3) is 0 Å². The first-order valence-corrected chi connectivity index (χ1v) is 10.3. The molecule has 0 radical (unpaired) electrons. The Morgan fingerprint density at radius 2 is 1.50 bits per heavy atom. The molecular weight excluding hydrogens is 376 g/mol. The Morgan fingerprint density at radius 1 is 0.933 bits per heavy atom. The van der Waals surface area contributed by atoms with Crippen molar-refractivity contribution in [1.82, 2.24) is 4.90 Å². The summed E-state index contributed by atoms with van der Waals surface area (Å²) >= 11 is 0. The van der Waals surface area contributed by atoms with Gasteiger partial charge in [0, 0.05) is 39.1 Å². The van der Waals surface area contributed by atoms with E-state index < -0.39 is 0 Å². The van der Waals surface area contributed by atoms with Crippen molar-refractivity contribution in [2.45, 2.75) is 27.3 Å². The molecule has 0 aromatic heterocycles. The van der Waals surface area contributed by atoms with Crippen molar-refractivity contribution < 1.29 is 14.5 Å². The number of benzene rings is 2. The Balaban J connectivity index is 1.86. The van der Waals surface area contributed by atoms with Crippen molar-refractivity contribution in [3.8, 4) is 0 Å². The van der Waals surface area contributed by atoms with Gasteiger partial charge in [-0.1, -0.05) is 29.8 Å². The number of anilines is 2. The number of rotatable bonds is 8. The van der Waals surface area contributed by atoms with E-state index in [-0.39, 0.29) is 24.9 Å². The van der Waals surface area contributed by atoms with Crippen molar-refractivity contribution in [2.75, 3.05) is 51.5 Å². The number of carbonyl (C=O) groups is 2. The molecule has 0 aliphatic heterocycles. The fourth-order valence-corrected chi connectivity index (χ4v) is 3.55. The van der Waals surface area contributed by atoms with Gasteiger partial charge in [-0.25, -0.2) is 0 Å². The average molecular weight is 412 g/mol. The second-order valence-corrected chi connectivity index (χ2v) is 8.44. The molecule has 6 heteroatoms. The first-order chi connectivity index (χ1) is 14.1. The van der Waals surface area contributed by atoms with Crippen molar-refractivity contribution in [3.63, 3.8) is 0 Å². The number of carbonyl (C=O) groups excluding carboxylic acids is 2. The average Bonchev–Trinajstić information content (AvgIpc) is 2.64. The van der Waals surface area contributed by atoms with E-state index in [1.54, 1.807) is 11.9 Å². The molecule has 2 aromatic carbocycles. The van der Waals surface area contributed by atoms with E-state index in [1.807, 2.05) is 71.1 Å². The summed E-state index contributed by atoms with van der Waals surface area (Å²) in [6.07, 6.45) is 0. The zero-order valence-corrected chi connectivity index (χ0v) is 19.3. The van der Waals surface area contributed by atoms with E-state index in [1.165, 1.54) is 5.56 Å². The number of hydrogen-bond acceptors (Lipinski definition) is 3. The van der Waals surface area contributed by atoms with Crippen molar-refractivity contribution in [1.29, 1.82) is 0 Å². The predicted octanol–water partition coefficient (Wildman–Crippen LogP) is 1.79. The molecule has 0 fully saturated rings. The minimum atomic E-state index is -0.0859. The largest absolute Gasteiger partial charge is 0.378 e. The highest BCUT2D eigenvalue weighted by Gasteiger charge is 2.18. The van der Waals surface area contributed by atoms with Gasteiger partial charge in [0.15, 0.2) is 13.1 Å². The molecule has 162 valence electrons. The molecule has 2 rings (SSSR count). The second kappa shape index (κ2) is 10.3. The molecule has 2 N–H and O–H groups in total. The monoisotopic (exact) mass is 411 g/mol. The Bertz CT molecular complexity index is 868. The fraction of sp³-hybridized carbons (Fsp3) is 0.417. The zero-order valence-electron chi connectivity index (χ0n) is 19.3. The first kappa shape index (κ1) is 23.4. The molecule has 1 unspecified atom stereocenters. The highest BCUT2D eigenvalue weighted by atomic mass is 16.2. The van der Waals surface area contributed by atoms with Crippen LogP contribution in [0.4, 0.5) is 11.4 Å². The third-order valence-corrected chi connectivity index (χ3v) is 5.16. The van der Waals surface area contributed by atoms with Gasteiger partial charge in [0.2, 0.25) is 0 Å². The van der Waals surface area contributed by atoms with E-state index in [4.69, 9.17) is 0 Å². The molecule has 0 spiro atoms. The topological polar surface area (TPSA) is 57.1 Å². The van der Waals surface area contributed by atoms with Crippen LogP contribution in [0.3, 0.4) is 0 Å². The van der Waals surface area contributed by atoms with Crippen LogP contribution in [0.15, 0.2) is 36.4 Å². The van der Waals surface area contributed by atoms with Crippen LogP contribution >= 0.6 is 0 Å². The van der Waals surface area contributed by atoms with Gasteiger partial charge in [-0.15, -0.1) is 0 Å². The molecule has 6 nitrogen and oxygen atoms in total. The molecule has 0 saturated carbocycles. The quantitative estimate of drug-likeness (QED) is 0.696. The normalized spacial score (nSPS) is 11.7. The van der Waals surface area contributed by atoms with Gasteiger partial charge in [-0.05, 0) is 49.6 Å². The molecule has 0 aliphatic rings. The minimum absolute atomic E-state index is 0.0136. The first-order valence-electron chi connectivity index (χ1n) is 10.3.